The summed E-state index contributed by atoms with van der Waals surface area (Å²) in [4.78, 5) is 12.0. The van der Waals surface area contributed by atoms with Crippen LogP contribution < -0.4 is 10.6 Å². The van der Waals surface area contributed by atoms with Crippen LogP contribution in [-0.2, 0) is 4.79 Å². The van der Waals surface area contributed by atoms with Crippen LogP contribution in [0.15, 0.2) is 18.2 Å². The minimum atomic E-state index is -0.00593. The van der Waals surface area contributed by atoms with E-state index in [0.717, 1.165) is 17.2 Å². The lowest BCUT2D eigenvalue weighted by molar-refractivity contribution is -0.115. The molecule has 1 fully saturated rings. The third-order valence-corrected chi connectivity index (χ3v) is 4.20. The highest BCUT2D eigenvalue weighted by Crippen LogP contribution is 2.23. The molecule has 0 heterocycles. The fourth-order valence-electron chi connectivity index (χ4n) is 2.78. The number of hydrogen-bond acceptors (Lipinski definition) is 2. The molecule has 0 radical (unpaired) electrons. The Kier molecular flexibility index (Phi) is 5.44. The van der Waals surface area contributed by atoms with Crippen molar-refractivity contribution in [2.45, 2.75) is 45.6 Å². The quantitative estimate of drug-likeness (QED) is 0.888. The van der Waals surface area contributed by atoms with Crippen molar-refractivity contribution in [3.8, 4) is 0 Å². The lowest BCUT2D eigenvalue weighted by Gasteiger charge is -2.27. The molecule has 1 amide bonds. The van der Waals surface area contributed by atoms with E-state index in [4.69, 9.17) is 11.6 Å². The van der Waals surface area contributed by atoms with E-state index in [2.05, 4.69) is 17.6 Å². The third-order valence-electron chi connectivity index (χ3n) is 3.96. The zero-order valence-corrected chi connectivity index (χ0v) is 13.0. The van der Waals surface area contributed by atoms with Crippen molar-refractivity contribution in [3.05, 3.63) is 28.8 Å². The third kappa shape index (κ3) is 4.50. The Balaban J connectivity index is 1.82. The fourth-order valence-corrected chi connectivity index (χ4v) is 2.95. The van der Waals surface area contributed by atoms with Crippen LogP contribution in [-0.4, -0.2) is 18.5 Å². The van der Waals surface area contributed by atoms with E-state index in [1.807, 2.05) is 19.1 Å². The van der Waals surface area contributed by atoms with Gasteiger partial charge in [-0.3, -0.25) is 4.79 Å². The van der Waals surface area contributed by atoms with Gasteiger partial charge in [-0.05, 0) is 43.4 Å². The molecule has 2 atom stereocenters. The van der Waals surface area contributed by atoms with Crippen molar-refractivity contribution in [2.75, 3.05) is 11.9 Å². The minimum absolute atomic E-state index is 0.00593. The van der Waals surface area contributed by atoms with Crippen LogP contribution in [0.5, 0.6) is 0 Å². The molecule has 1 saturated carbocycles. The molecule has 3 nitrogen and oxygen atoms in total. The van der Waals surface area contributed by atoms with Crippen LogP contribution in [0.1, 0.15) is 38.2 Å². The van der Waals surface area contributed by atoms with E-state index in [0.29, 0.717) is 17.6 Å². The van der Waals surface area contributed by atoms with Crippen molar-refractivity contribution >= 4 is 23.2 Å². The zero-order valence-electron chi connectivity index (χ0n) is 12.2. The molecule has 1 aliphatic rings. The van der Waals surface area contributed by atoms with Crippen molar-refractivity contribution in [3.63, 3.8) is 0 Å². The summed E-state index contributed by atoms with van der Waals surface area (Å²) in [5.41, 5.74) is 1.82. The van der Waals surface area contributed by atoms with Gasteiger partial charge in [0.1, 0.15) is 0 Å². The van der Waals surface area contributed by atoms with Gasteiger partial charge in [0.25, 0.3) is 0 Å². The van der Waals surface area contributed by atoms with E-state index in [-0.39, 0.29) is 5.91 Å². The number of anilines is 1. The Morgan fingerprint density at radius 1 is 1.40 bits per heavy atom. The predicted molar refractivity (Wildman–Crippen MR) is 84.2 cm³/mol. The van der Waals surface area contributed by atoms with Gasteiger partial charge in [-0.2, -0.15) is 0 Å². The van der Waals surface area contributed by atoms with E-state index < -0.39 is 0 Å². The lowest BCUT2D eigenvalue weighted by atomic mass is 9.87. The average molecular weight is 295 g/mol. The molecule has 0 aromatic heterocycles. The van der Waals surface area contributed by atoms with Gasteiger partial charge in [0.05, 0.1) is 6.54 Å². The van der Waals surface area contributed by atoms with Crippen LogP contribution in [0.2, 0.25) is 5.02 Å². The molecule has 2 rings (SSSR count). The molecule has 0 saturated heterocycles. The lowest BCUT2D eigenvalue weighted by Crippen LogP contribution is -2.38. The second-order valence-electron chi connectivity index (χ2n) is 5.86. The Bertz CT molecular complexity index is 476. The van der Waals surface area contributed by atoms with Gasteiger partial charge in [-0.1, -0.05) is 37.4 Å². The monoisotopic (exact) mass is 294 g/mol. The summed E-state index contributed by atoms with van der Waals surface area (Å²) < 4.78 is 0. The highest BCUT2D eigenvalue weighted by atomic mass is 35.5. The van der Waals surface area contributed by atoms with E-state index >= 15 is 0 Å². The van der Waals surface area contributed by atoms with E-state index in [1.165, 1.54) is 25.7 Å². The Morgan fingerprint density at radius 2 is 2.20 bits per heavy atom. The summed E-state index contributed by atoms with van der Waals surface area (Å²) in [6, 6.07) is 6.00. The van der Waals surface area contributed by atoms with Gasteiger partial charge >= 0.3 is 0 Å². The van der Waals surface area contributed by atoms with Gasteiger partial charge in [-0.15, -0.1) is 0 Å². The smallest absolute Gasteiger partial charge is 0.238 e. The number of benzene rings is 1. The summed E-state index contributed by atoms with van der Waals surface area (Å²) >= 11 is 5.95. The number of carbonyl (C=O) groups is 1. The first kappa shape index (κ1) is 15.3. The molecule has 1 aromatic carbocycles. The molecule has 0 aliphatic heterocycles. The van der Waals surface area contributed by atoms with E-state index in [9.17, 15) is 4.79 Å². The molecule has 0 bridgehead atoms. The molecular formula is C16H23ClN2O. The number of rotatable bonds is 4. The van der Waals surface area contributed by atoms with Crippen LogP contribution in [0.3, 0.4) is 0 Å². The standard InChI is InChI=1S/C16H23ClN2O/c1-11-4-3-5-14(8-11)18-10-16(20)19-15-9-13(17)7-6-12(15)2/h6-7,9,11,14,18H,3-5,8,10H2,1-2H3,(H,19,20). The molecule has 4 heteroatoms. The normalized spacial score (nSPS) is 22.6. The maximum Gasteiger partial charge on any atom is 0.238 e. The van der Waals surface area contributed by atoms with Crippen molar-refractivity contribution < 1.29 is 4.79 Å². The number of amides is 1. The fraction of sp³-hybridized carbons (Fsp3) is 0.562. The first-order valence-electron chi connectivity index (χ1n) is 7.34. The maximum absolute atomic E-state index is 12.0. The molecular weight excluding hydrogens is 272 g/mol. The average Bonchev–Trinajstić information content (AvgIpc) is 2.41. The van der Waals surface area contributed by atoms with Crippen molar-refractivity contribution in [1.82, 2.24) is 5.32 Å². The molecule has 110 valence electrons. The van der Waals surface area contributed by atoms with Crippen molar-refractivity contribution in [2.24, 2.45) is 5.92 Å². The molecule has 2 N–H and O–H groups in total. The van der Waals surface area contributed by atoms with E-state index in [1.54, 1.807) is 6.07 Å². The van der Waals surface area contributed by atoms with Crippen LogP contribution in [0, 0.1) is 12.8 Å². The van der Waals surface area contributed by atoms with Crippen LogP contribution in [0.4, 0.5) is 5.69 Å². The summed E-state index contributed by atoms with van der Waals surface area (Å²) in [6.45, 7) is 4.61. The summed E-state index contributed by atoms with van der Waals surface area (Å²) in [6.07, 6.45) is 4.91. The van der Waals surface area contributed by atoms with Gasteiger partial charge in [0.2, 0.25) is 5.91 Å². The summed E-state index contributed by atoms with van der Waals surface area (Å²) in [5.74, 6) is 0.757. The second kappa shape index (κ2) is 7.09. The van der Waals surface area contributed by atoms with Gasteiger partial charge in [0, 0.05) is 16.8 Å². The minimum Gasteiger partial charge on any atom is -0.325 e. The Labute approximate surface area is 126 Å². The van der Waals surface area contributed by atoms with Crippen LogP contribution in [0.25, 0.3) is 0 Å². The highest BCUT2D eigenvalue weighted by molar-refractivity contribution is 6.31. The highest BCUT2D eigenvalue weighted by Gasteiger charge is 2.19. The molecule has 1 aromatic rings. The van der Waals surface area contributed by atoms with Crippen molar-refractivity contribution in [1.29, 1.82) is 0 Å². The topological polar surface area (TPSA) is 41.1 Å². The summed E-state index contributed by atoms with van der Waals surface area (Å²) in [5, 5.41) is 6.92. The van der Waals surface area contributed by atoms with Gasteiger partial charge in [0.15, 0.2) is 0 Å². The number of hydrogen-bond donors (Lipinski definition) is 2. The maximum atomic E-state index is 12.0. The van der Waals surface area contributed by atoms with Gasteiger partial charge in [-0.25, -0.2) is 0 Å². The predicted octanol–water partition coefficient (Wildman–Crippen LogP) is 3.76. The molecule has 1 aliphatic carbocycles. The molecule has 2 unspecified atom stereocenters. The number of aryl methyl sites for hydroxylation is 1. The number of nitrogens with one attached hydrogen (secondary N) is 2. The largest absolute Gasteiger partial charge is 0.325 e. The second-order valence-corrected chi connectivity index (χ2v) is 6.29. The Morgan fingerprint density at radius 3 is 2.95 bits per heavy atom. The van der Waals surface area contributed by atoms with Crippen LogP contribution >= 0.6 is 11.6 Å². The Hall–Kier alpha value is -1.06. The molecule has 20 heavy (non-hydrogen) atoms. The number of carbonyl (C=O) groups excluding carboxylic acids is 1. The first-order chi connectivity index (χ1) is 9.54. The number of halogens is 1. The molecule has 0 spiro atoms. The first-order valence-corrected chi connectivity index (χ1v) is 7.72. The summed E-state index contributed by atoms with van der Waals surface area (Å²) in [7, 11) is 0. The zero-order chi connectivity index (χ0) is 14.5. The van der Waals surface area contributed by atoms with Gasteiger partial charge < -0.3 is 10.6 Å². The SMILES string of the molecule is Cc1ccc(Cl)cc1NC(=O)CNC1CCCC(C)C1.